The maximum Gasteiger partial charge on any atom is 0.319 e. The molecule has 2 amide bonds. The number of rotatable bonds is 2. The van der Waals surface area contributed by atoms with Crippen molar-refractivity contribution in [3.05, 3.63) is 29.6 Å². The monoisotopic (exact) mass is 266 g/mol. The number of carbonyl (C=O) groups excluding carboxylic acids is 1. The molecular formula is C14H19FN2O2. The minimum atomic E-state index is -0.492. The molecule has 0 heterocycles. The number of aliphatic hydroxyl groups excluding tert-OH is 1. The molecule has 0 aliphatic heterocycles. The van der Waals surface area contributed by atoms with Gasteiger partial charge in [0.25, 0.3) is 0 Å². The van der Waals surface area contributed by atoms with Crippen LogP contribution in [0.15, 0.2) is 18.2 Å². The number of hydrogen-bond donors (Lipinski definition) is 3. The number of anilines is 1. The Morgan fingerprint density at radius 1 is 1.37 bits per heavy atom. The third-order valence-electron chi connectivity index (χ3n) is 3.49. The lowest BCUT2D eigenvalue weighted by atomic mass is 9.93. The number of amides is 2. The number of carbonyl (C=O) groups is 1. The first kappa shape index (κ1) is 13.8. The molecule has 1 saturated carbocycles. The summed E-state index contributed by atoms with van der Waals surface area (Å²) in [6.45, 7) is 1.80. The minimum Gasteiger partial charge on any atom is -0.391 e. The summed E-state index contributed by atoms with van der Waals surface area (Å²) in [5.41, 5.74) is 1.24. The number of urea groups is 1. The Labute approximate surface area is 112 Å². The van der Waals surface area contributed by atoms with Crippen LogP contribution in [0.3, 0.4) is 0 Å². The third-order valence-corrected chi connectivity index (χ3v) is 3.49. The molecule has 19 heavy (non-hydrogen) atoms. The van der Waals surface area contributed by atoms with Gasteiger partial charge >= 0.3 is 6.03 Å². The SMILES string of the molecule is Cc1ccc(F)cc1NC(=O)NC1CCCCC1O. The molecule has 1 fully saturated rings. The van der Waals surface area contributed by atoms with E-state index in [4.69, 9.17) is 0 Å². The molecule has 0 saturated heterocycles. The number of nitrogens with one attached hydrogen (secondary N) is 2. The van der Waals surface area contributed by atoms with Gasteiger partial charge in [-0.3, -0.25) is 0 Å². The summed E-state index contributed by atoms with van der Waals surface area (Å²) in [7, 11) is 0. The molecule has 0 spiro atoms. The van der Waals surface area contributed by atoms with Gasteiger partial charge in [0.2, 0.25) is 0 Å². The molecular weight excluding hydrogens is 247 g/mol. The van der Waals surface area contributed by atoms with Crippen molar-refractivity contribution in [2.75, 3.05) is 5.32 Å². The zero-order chi connectivity index (χ0) is 13.8. The van der Waals surface area contributed by atoms with Crippen LogP contribution in [0.2, 0.25) is 0 Å². The molecule has 1 aliphatic carbocycles. The van der Waals surface area contributed by atoms with Crippen LogP contribution in [0.5, 0.6) is 0 Å². The normalized spacial score (nSPS) is 22.9. The summed E-state index contributed by atoms with van der Waals surface area (Å²) >= 11 is 0. The molecule has 0 radical (unpaired) electrons. The van der Waals surface area contributed by atoms with Gasteiger partial charge in [-0.2, -0.15) is 0 Å². The molecule has 5 heteroatoms. The summed E-state index contributed by atoms with van der Waals surface area (Å²) in [6.07, 6.45) is 2.99. The lowest BCUT2D eigenvalue weighted by Crippen LogP contribution is -2.46. The second-order valence-electron chi connectivity index (χ2n) is 5.02. The van der Waals surface area contributed by atoms with Crippen molar-refractivity contribution in [2.24, 2.45) is 0 Å². The van der Waals surface area contributed by atoms with Crippen LogP contribution in [-0.4, -0.2) is 23.3 Å². The highest BCUT2D eigenvalue weighted by Gasteiger charge is 2.24. The van der Waals surface area contributed by atoms with Gasteiger partial charge in [0.1, 0.15) is 5.82 Å². The summed E-state index contributed by atoms with van der Waals surface area (Å²) in [4.78, 5) is 11.8. The Morgan fingerprint density at radius 3 is 2.84 bits per heavy atom. The van der Waals surface area contributed by atoms with E-state index in [0.29, 0.717) is 12.1 Å². The Kier molecular flexibility index (Phi) is 4.37. The minimum absolute atomic E-state index is 0.220. The van der Waals surface area contributed by atoms with E-state index in [1.807, 2.05) is 0 Å². The van der Waals surface area contributed by atoms with Crippen LogP contribution >= 0.6 is 0 Å². The number of hydrogen-bond acceptors (Lipinski definition) is 2. The van der Waals surface area contributed by atoms with Crippen LogP contribution in [0, 0.1) is 12.7 Å². The Hall–Kier alpha value is -1.62. The number of halogens is 1. The summed E-state index contributed by atoms with van der Waals surface area (Å²) in [5, 5.41) is 15.1. The molecule has 2 rings (SSSR count). The van der Waals surface area contributed by atoms with Crippen molar-refractivity contribution in [3.8, 4) is 0 Å². The predicted octanol–water partition coefficient (Wildman–Crippen LogP) is 2.56. The average molecular weight is 266 g/mol. The number of aryl methyl sites for hydroxylation is 1. The van der Waals surface area contributed by atoms with Crippen LogP contribution in [-0.2, 0) is 0 Å². The van der Waals surface area contributed by atoms with Crippen molar-refractivity contribution in [3.63, 3.8) is 0 Å². The third kappa shape index (κ3) is 3.67. The Bertz CT molecular complexity index is 465. The molecule has 3 N–H and O–H groups in total. The molecule has 0 aromatic heterocycles. The quantitative estimate of drug-likeness (QED) is 0.770. The van der Waals surface area contributed by atoms with E-state index in [2.05, 4.69) is 10.6 Å². The van der Waals surface area contributed by atoms with Gasteiger partial charge in [-0.05, 0) is 37.5 Å². The Balaban J connectivity index is 1.95. The standard InChI is InChI=1S/C14H19FN2O2/c1-9-6-7-10(15)8-12(9)17-14(19)16-11-4-2-3-5-13(11)18/h6-8,11,13,18H,2-5H2,1H3,(H2,16,17,19). The lowest BCUT2D eigenvalue weighted by Gasteiger charge is -2.28. The van der Waals surface area contributed by atoms with E-state index >= 15 is 0 Å². The maximum atomic E-state index is 13.1. The van der Waals surface area contributed by atoms with Crippen molar-refractivity contribution in [2.45, 2.75) is 44.8 Å². The fourth-order valence-corrected chi connectivity index (χ4v) is 2.34. The molecule has 2 atom stereocenters. The first-order valence-electron chi connectivity index (χ1n) is 6.58. The van der Waals surface area contributed by atoms with Crippen molar-refractivity contribution in [1.82, 2.24) is 5.32 Å². The molecule has 2 unspecified atom stereocenters. The lowest BCUT2D eigenvalue weighted by molar-refractivity contribution is 0.0955. The van der Waals surface area contributed by atoms with Gasteiger partial charge in [-0.15, -0.1) is 0 Å². The zero-order valence-electron chi connectivity index (χ0n) is 10.9. The average Bonchev–Trinajstić information content (AvgIpc) is 2.37. The topological polar surface area (TPSA) is 61.4 Å². The van der Waals surface area contributed by atoms with Gasteiger partial charge in [0.05, 0.1) is 12.1 Å². The Morgan fingerprint density at radius 2 is 2.11 bits per heavy atom. The summed E-state index contributed by atoms with van der Waals surface area (Å²) in [5.74, 6) is -0.390. The highest BCUT2D eigenvalue weighted by molar-refractivity contribution is 5.90. The van der Waals surface area contributed by atoms with Gasteiger partial charge < -0.3 is 15.7 Å². The summed E-state index contributed by atoms with van der Waals surface area (Å²) < 4.78 is 13.1. The van der Waals surface area contributed by atoms with Crippen LogP contribution in [0.4, 0.5) is 14.9 Å². The van der Waals surface area contributed by atoms with E-state index in [1.54, 1.807) is 13.0 Å². The van der Waals surface area contributed by atoms with Gasteiger partial charge in [-0.1, -0.05) is 18.9 Å². The predicted molar refractivity (Wildman–Crippen MR) is 71.6 cm³/mol. The van der Waals surface area contributed by atoms with Gasteiger partial charge in [0, 0.05) is 5.69 Å². The van der Waals surface area contributed by atoms with Crippen LogP contribution in [0.1, 0.15) is 31.2 Å². The van der Waals surface area contributed by atoms with E-state index in [9.17, 15) is 14.3 Å². The van der Waals surface area contributed by atoms with E-state index in [0.717, 1.165) is 24.8 Å². The highest BCUT2D eigenvalue weighted by atomic mass is 19.1. The first-order chi connectivity index (χ1) is 9.06. The fourth-order valence-electron chi connectivity index (χ4n) is 2.34. The molecule has 0 bridgehead atoms. The second-order valence-corrected chi connectivity index (χ2v) is 5.02. The summed E-state index contributed by atoms with van der Waals surface area (Å²) in [6, 6.07) is 3.62. The molecule has 4 nitrogen and oxygen atoms in total. The molecule has 1 aliphatic rings. The van der Waals surface area contributed by atoms with Crippen molar-refractivity contribution >= 4 is 11.7 Å². The van der Waals surface area contributed by atoms with Gasteiger partial charge in [0.15, 0.2) is 0 Å². The zero-order valence-corrected chi connectivity index (χ0v) is 10.9. The number of aliphatic hydroxyl groups is 1. The van der Waals surface area contributed by atoms with Crippen molar-refractivity contribution in [1.29, 1.82) is 0 Å². The van der Waals surface area contributed by atoms with Crippen LogP contribution < -0.4 is 10.6 Å². The van der Waals surface area contributed by atoms with Crippen molar-refractivity contribution < 1.29 is 14.3 Å². The first-order valence-corrected chi connectivity index (χ1v) is 6.58. The number of benzene rings is 1. The molecule has 1 aromatic carbocycles. The van der Waals surface area contributed by atoms with E-state index < -0.39 is 18.0 Å². The second kappa shape index (κ2) is 6.02. The van der Waals surface area contributed by atoms with Crippen LogP contribution in [0.25, 0.3) is 0 Å². The smallest absolute Gasteiger partial charge is 0.319 e. The van der Waals surface area contributed by atoms with E-state index in [-0.39, 0.29) is 6.04 Å². The molecule has 1 aromatic rings. The largest absolute Gasteiger partial charge is 0.391 e. The molecule has 104 valence electrons. The maximum absolute atomic E-state index is 13.1. The fraction of sp³-hybridized carbons (Fsp3) is 0.500. The van der Waals surface area contributed by atoms with E-state index in [1.165, 1.54) is 12.1 Å². The highest BCUT2D eigenvalue weighted by Crippen LogP contribution is 2.19. The van der Waals surface area contributed by atoms with Gasteiger partial charge in [-0.25, -0.2) is 9.18 Å².